The maximum absolute atomic E-state index is 12.3. The topological polar surface area (TPSA) is 73.7 Å². The van der Waals surface area contributed by atoms with Crippen LogP contribution in [0.4, 0.5) is 0 Å². The van der Waals surface area contributed by atoms with E-state index in [1.165, 1.54) is 0 Å². The Hall–Kier alpha value is -1.89. The molecule has 0 unspecified atom stereocenters. The lowest BCUT2D eigenvalue weighted by Gasteiger charge is -2.24. The van der Waals surface area contributed by atoms with E-state index in [2.05, 4.69) is 39.8 Å². The van der Waals surface area contributed by atoms with Crippen molar-refractivity contribution in [3.63, 3.8) is 0 Å². The molecule has 1 aromatic rings. The van der Waals surface area contributed by atoms with Crippen molar-refractivity contribution in [2.45, 2.75) is 90.5 Å². The van der Waals surface area contributed by atoms with Crippen molar-refractivity contribution in [3.05, 3.63) is 50.6 Å². The SMILES string of the molecule is COc1c(C)c([C@@]2(C)O[C@@H]2/C(C)=C/C(C)=C/[C@]2(C)O[C@H](C)[C@@]3(C)O[C@H]32)oc(=O)c1C. The molecular weight excluding hydrogens is 384 g/mol. The van der Waals surface area contributed by atoms with Crippen LogP contribution in [0.25, 0.3) is 0 Å². The molecule has 0 radical (unpaired) electrons. The van der Waals surface area contributed by atoms with Crippen LogP contribution >= 0.6 is 0 Å². The Bertz CT molecular complexity index is 1020. The third-order valence-corrected chi connectivity index (χ3v) is 6.96. The van der Waals surface area contributed by atoms with Gasteiger partial charge in [-0.15, -0.1) is 0 Å². The van der Waals surface area contributed by atoms with E-state index in [0.29, 0.717) is 17.1 Å². The number of ether oxygens (including phenoxy) is 4. The lowest BCUT2D eigenvalue weighted by atomic mass is 9.91. The summed E-state index contributed by atoms with van der Waals surface area (Å²) in [6.07, 6.45) is 4.22. The van der Waals surface area contributed by atoms with Gasteiger partial charge in [0, 0.05) is 5.56 Å². The van der Waals surface area contributed by atoms with Gasteiger partial charge in [0.2, 0.25) is 0 Å². The molecule has 30 heavy (non-hydrogen) atoms. The second-order valence-electron chi connectivity index (χ2n) is 9.51. The molecule has 0 bridgehead atoms. The van der Waals surface area contributed by atoms with Crippen LogP contribution in [0.3, 0.4) is 0 Å². The lowest BCUT2D eigenvalue weighted by molar-refractivity contribution is -0.0719. The summed E-state index contributed by atoms with van der Waals surface area (Å²) in [4.78, 5) is 12.3. The van der Waals surface area contributed by atoms with Gasteiger partial charge < -0.3 is 23.4 Å². The highest BCUT2D eigenvalue weighted by molar-refractivity contribution is 5.45. The predicted octanol–water partition coefficient (Wildman–Crippen LogP) is 4.11. The molecule has 4 rings (SSSR count). The van der Waals surface area contributed by atoms with Crippen LogP contribution < -0.4 is 10.4 Å². The van der Waals surface area contributed by atoms with E-state index in [0.717, 1.165) is 16.7 Å². The Morgan fingerprint density at radius 3 is 2.27 bits per heavy atom. The monoisotopic (exact) mass is 416 g/mol. The summed E-state index contributed by atoms with van der Waals surface area (Å²) in [7, 11) is 1.56. The number of epoxide rings is 2. The van der Waals surface area contributed by atoms with Gasteiger partial charge in [-0.2, -0.15) is 0 Å². The largest absolute Gasteiger partial charge is 0.496 e. The molecule has 3 fully saturated rings. The summed E-state index contributed by atoms with van der Waals surface area (Å²) in [5.41, 5.74) is 1.71. The molecule has 6 heteroatoms. The molecule has 6 atom stereocenters. The molecular formula is C24H32O6. The molecule has 0 amide bonds. The van der Waals surface area contributed by atoms with Crippen molar-refractivity contribution in [1.82, 2.24) is 0 Å². The van der Waals surface area contributed by atoms with Crippen molar-refractivity contribution in [2.24, 2.45) is 0 Å². The molecule has 0 saturated carbocycles. The van der Waals surface area contributed by atoms with Crippen molar-refractivity contribution >= 4 is 0 Å². The Morgan fingerprint density at radius 2 is 1.73 bits per heavy atom. The smallest absolute Gasteiger partial charge is 0.342 e. The summed E-state index contributed by atoms with van der Waals surface area (Å²) in [5.74, 6) is 1.08. The Labute approximate surface area is 177 Å². The van der Waals surface area contributed by atoms with E-state index in [9.17, 15) is 4.79 Å². The van der Waals surface area contributed by atoms with Gasteiger partial charge in [0.25, 0.3) is 0 Å². The van der Waals surface area contributed by atoms with Crippen molar-refractivity contribution in [3.8, 4) is 5.75 Å². The van der Waals surface area contributed by atoms with E-state index in [4.69, 9.17) is 23.4 Å². The van der Waals surface area contributed by atoms with Gasteiger partial charge in [-0.25, -0.2) is 4.79 Å². The van der Waals surface area contributed by atoms with Crippen LogP contribution in [0, 0.1) is 13.8 Å². The van der Waals surface area contributed by atoms with E-state index in [-0.39, 0.29) is 23.9 Å². The first kappa shape index (κ1) is 21.3. The number of allylic oxidation sites excluding steroid dienone is 2. The maximum atomic E-state index is 12.3. The van der Waals surface area contributed by atoms with Crippen LogP contribution in [0.5, 0.6) is 5.75 Å². The number of rotatable bonds is 5. The Kier molecular flexibility index (Phi) is 4.66. The zero-order valence-corrected chi connectivity index (χ0v) is 19.3. The number of fused-ring (bicyclic) bond motifs is 1. The molecule has 3 aliphatic heterocycles. The summed E-state index contributed by atoms with van der Waals surface area (Å²) in [6, 6.07) is 0. The summed E-state index contributed by atoms with van der Waals surface area (Å²) < 4.78 is 29.2. The lowest BCUT2D eigenvalue weighted by Crippen LogP contribution is -2.30. The standard InChI is InChI=1S/C24H32O6/c1-12(11-22(6)21-23(7,30-21)16(5)28-22)10-13(2)18-24(8,29-18)19-14(3)17(26-9)15(4)20(25)27-19/h10-11,16,18,21H,1-9H3/b12-11+,13-10+/t16-,18-,21+,22+,23-,24+/m1/s1. The Morgan fingerprint density at radius 1 is 1.07 bits per heavy atom. The van der Waals surface area contributed by atoms with Crippen LogP contribution in [0.2, 0.25) is 0 Å². The maximum Gasteiger partial charge on any atom is 0.342 e. The van der Waals surface area contributed by atoms with Gasteiger partial charge in [-0.1, -0.05) is 11.6 Å². The highest BCUT2D eigenvalue weighted by Crippen LogP contribution is 2.56. The normalized spacial score (nSPS) is 40.4. The molecule has 1 aromatic heterocycles. The third-order valence-electron chi connectivity index (χ3n) is 6.96. The summed E-state index contributed by atoms with van der Waals surface area (Å²) in [5, 5.41) is 0. The molecule has 4 heterocycles. The first-order chi connectivity index (χ1) is 13.9. The molecule has 0 spiro atoms. The van der Waals surface area contributed by atoms with E-state index >= 15 is 0 Å². The van der Waals surface area contributed by atoms with Gasteiger partial charge >= 0.3 is 5.63 Å². The van der Waals surface area contributed by atoms with Crippen LogP contribution in [-0.4, -0.2) is 36.6 Å². The van der Waals surface area contributed by atoms with E-state index in [1.54, 1.807) is 14.0 Å². The van der Waals surface area contributed by atoms with Crippen molar-refractivity contribution in [1.29, 1.82) is 0 Å². The molecule has 6 nitrogen and oxygen atoms in total. The molecule has 0 aliphatic carbocycles. The number of methoxy groups -OCH3 is 1. The first-order valence-electron chi connectivity index (χ1n) is 10.5. The fourth-order valence-corrected chi connectivity index (χ4v) is 5.23. The average Bonchev–Trinajstić information content (AvgIpc) is 3.52. The molecule has 164 valence electrons. The third kappa shape index (κ3) is 3.00. The minimum Gasteiger partial charge on any atom is -0.496 e. The van der Waals surface area contributed by atoms with Crippen molar-refractivity contribution < 1.29 is 23.4 Å². The predicted molar refractivity (Wildman–Crippen MR) is 113 cm³/mol. The van der Waals surface area contributed by atoms with Gasteiger partial charge in [0.1, 0.15) is 34.9 Å². The fraction of sp³-hybridized carbons (Fsp3) is 0.625. The van der Waals surface area contributed by atoms with Gasteiger partial charge in [0.15, 0.2) is 5.60 Å². The van der Waals surface area contributed by atoms with Crippen LogP contribution in [-0.2, 0) is 19.8 Å². The number of hydrogen-bond donors (Lipinski definition) is 0. The average molecular weight is 417 g/mol. The van der Waals surface area contributed by atoms with E-state index in [1.807, 2.05) is 20.8 Å². The number of hydrogen-bond acceptors (Lipinski definition) is 6. The van der Waals surface area contributed by atoms with Gasteiger partial charge in [0.05, 0.1) is 18.8 Å². The molecule has 3 saturated heterocycles. The first-order valence-corrected chi connectivity index (χ1v) is 10.5. The summed E-state index contributed by atoms with van der Waals surface area (Å²) >= 11 is 0. The van der Waals surface area contributed by atoms with Crippen molar-refractivity contribution in [2.75, 3.05) is 7.11 Å². The zero-order valence-electron chi connectivity index (χ0n) is 19.3. The quantitative estimate of drug-likeness (QED) is 0.531. The van der Waals surface area contributed by atoms with Gasteiger partial charge in [-0.05, 0) is 67.0 Å². The summed E-state index contributed by atoms with van der Waals surface area (Å²) in [6.45, 7) is 15.9. The highest BCUT2D eigenvalue weighted by atomic mass is 16.7. The fourth-order valence-electron chi connectivity index (χ4n) is 5.23. The minimum absolute atomic E-state index is 0.0686. The highest BCUT2D eigenvalue weighted by Gasteiger charge is 2.71. The molecule has 3 aliphatic rings. The van der Waals surface area contributed by atoms with Crippen LogP contribution in [0.1, 0.15) is 58.4 Å². The Balaban J connectivity index is 1.58. The minimum atomic E-state index is -0.689. The second kappa shape index (κ2) is 6.55. The van der Waals surface area contributed by atoms with Gasteiger partial charge in [-0.3, -0.25) is 0 Å². The molecule has 0 N–H and O–H groups in total. The molecule has 0 aromatic carbocycles. The van der Waals surface area contributed by atoms with Crippen LogP contribution in [0.15, 0.2) is 32.5 Å². The second-order valence-corrected chi connectivity index (χ2v) is 9.51. The zero-order chi connectivity index (χ0) is 22.2. The van der Waals surface area contributed by atoms with E-state index < -0.39 is 16.8 Å².